The molecule has 0 bridgehead atoms. The Labute approximate surface area is 77.9 Å². The lowest BCUT2D eigenvalue weighted by Gasteiger charge is -2.35. The predicted molar refractivity (Wildman–Crippen MR) is 58.1 cm³/mol. The Morgan fingerprint density at radius 3 is 1.42 bits per heavy atom. The van der Waals surface area contributed by atoms with E-state index in [4.69, 9.17) is 0 Å². The van der Waals surface area contributed by atoms with Crippen LogP contribution in [0, 0.1) is 0 Å². The van der Waals surface area contributed by atoms with Gasteiger partial charge in [-0.1, -0.05) is 20.8 Å². The Hall–Kier alpha value is 0.354. The van der Waals surface area contributed by atoms with Crippen LogP contribution < -0.4 is 0 Å². The standard InChI is InChI=1S/C8H22O2Si2/c1-6-11(4,9)8(3)12(5,10)7-2/h8-10H,6-7H2,1-5H3. The maximum atomic E-state index is 10.1. The molecule has 2 N–H and O–H groups in total. The van der Waals surface area contributed by atoms with Crippen molar-refractivity contribution in [3.05, 3.63) is 0 Å². The Balaban J connectivity index is 4.47. The molecule has 4 heteroatoms. The van der Waals surface area contributed by atoms with Crippen LogP contribution in [0.1, 0.15) is 20.8 Å². The molecule has 0 aromatic rings. The molecule has 0 aliphatic heterocycles. The molecule has 0 rings (SSSR count). The van der Waals surface area contributed by atoms with Crippen molar-refractivity contribution in [1.29, 1.82) is 0 Å². The van der Waals surface area contributed by atoms with Crippen molar-refractivity contribution in [2.75, 3.05) is 0 Å². The van der Waals surface area contributed by atoms with Crippen molar-refractivity contribution in [2.24, 2.45) is 0 Å². The summed E-state index contributed by atoms with van der Waals surface area (Å²) in [7, 11) is -4.25. The number of hydrogen-bond donors (Lipinski definition) is 2. The second kappa shape index (κ2) is 4.04. The summed E-state index contributed by atoms with van der Waals surface area (Å²) in [4.78, 5) is 20.1. The first kappa shape index (κ1) is 12.4. The second-order valence-electron chi connectivity index (χ2n) is 4.14. The Morgan fingerprint density at radius 1 is 1.00 bits per heavy atom. The summed E-state index contributed by atoms with van der Waals surface area (Å²) in [5.41, 5.74) is 0. The van der Waals surface area contributed by atoms with Gasteiger partial charge in [-0.3, -0.25) is 0 Å². The Kier molecular flexibility index (Phi) is 4.16. The minimum atomic E-state index is -2.13. The fraction of sp³-hybridized carbons (Fsp3) is 1.00. The third kappa shape index (κ3) is 2.69. The van der Waals surface area contributed by atoms with Crippen LogP contribution in [0.4, 0.5) is 0 Å². The molecule has 0 amide bonds. The topological polar surface area (TPSA) is 40.5 Å². The fourth-order valence-corrected chi connectivity index (χ4v) is 9.09. The first-order valence-electron chi connectivity index (χ1n) is 4.72. The van der Waals surface area contributed by atoms with Gasteiger partial charge in [-0.2, -0.15) is 0 Å². The smallest absolute Gasteiger partial charge is 0.187 e. The van der Waals surface area contributed by atoms with Crippen molar-refractivity contribution >= 4 is 16.6 Å². The maximum absolute atomic E-state index is 10.1. The zero-order valence-electron chi connectivity index (χ0n) is 8.89. The predicted octanol–water partition coefficient (Wildman–Crippen LogP) is 2.09. The van der Waals surface area contributed by atoms with Gasteiger partial charge >= 0.3 is 0 Å². The van der Waals surface area contributed by atoms with Crippen molar-refractivity contribution < 1.29 is 9.59 Å². The molecule has 2 unspecified atom stereocenters. The molecular weight excluding hydrogens is 184 g/mol. The molecule has 0 aliphatic rings. The average molecular weight is 206 g/mol. The summed E-state index contributed by atoms with van der Waals surface area (Å²) in [6.45, 7) is 9.96. The normalized spacial score (nSPS) is 24.2. The van der Waals surface area contributed by atoms with Crippen LogP contribution in [0.5, 0.6) is 0 Å². The molecule has 2 nitrogen and oxygen atoms in total. The van der Waals surface area contributed by atoms with Crippen LogP contribution in [-0.2, 0) is 0 Å². The summed E-state index contributed by atoms with van der Waals surface area (Å²) in [5.74, 6) is 0. The zero-order valence-corrected chi connectivity index (χ0v) is 10.9. The Bertz CT molecular complexity index is 130. The Morgan fingerprint density at radius 2 is 1.25 bits per heavy atom. The van der Waals surface area contributed by atoms with Gasteiger partial charge in [0.1, 0.15) is 0 Å². The SMILES string of the molecule is CC[Si](C)(O)C(C)[Si](C)(O)CC. The molecule has 0 radical (unpaired) electrons. The minimum absolute atomic E-state index is 0.181. The third-order valence-corrected chi connectivity index (χ3v) is 13.6. The van der Waals surface area contributed by atoms with E-state index in [9.17, 15) is 9.59 Å². The van der Waals surface area contributed by atoms with E-state index in [1.54, 1.807) is 0 Å². The summed E-state index contributed by atoms with van der Waals surface area (Å²) in [5, 5.41) is 0.181. The quantitative estimate of drug-likeness (QED) is 0.692. The van der Waals surface area contributed by atoms with Crippen molar-refractivity contribution in [3.8, 4) is 0 Å². The molecule has 0 aliphatic carbocycles. The van der Waals surface area contributed by atoms with Crippen LogP contribution in [-0.4, -0.2) is 26.2 Å². The molecule has 0 aromatic carbocycles. The molecule has 2 atom stereocenters. The highest BCUT2D eigenvalue weighted by Gasteiger charge is 2.43. The van der Waals surface area contributed by atoms with Gasteiger partial charge in [0.2, 0.25) is 0 Å². The highest BCUT2D eigenvalue weighted by atomic mass is 28.4. The fourth-order valence-electron chi connectivity index (χ4n) is 1.28. The van der Waals surface area contributed by atoms with Crippen molar-refractivity contribution in [1.82, 2.24) is 0 Å². The summed E-state index contributed by atoms with van der Waals surface area (Å²) < 4.78 is 0. The third-order valence-electron chi connectivity index (χ3n) is 3.30. The monoisotopic (exact) mass is 206 g/mol. The van der Waals surface area contributed by atoms with Crippen LogP contribution in [0.25, 0.3) is 0 Å². The second-order valence-corrected chi connectivity index (χ2v) is 13.3. The van der Waals surface area contributed by atoms with Gasteiger partial charge in [0.05, 0.1) is 0 Å². The van der Waals surface area contributed by atoms with Gasteiger partial charge in [-0.15, -0.1) is 0 Å². The summed E-state index contributed by atoms with van der Waals surface area (Å²) >= 11 is 0. The van der Waals surface area contributed by atoms with Gasteiger partial charge < -0.3 is 9.59 Å². The van der Waals surface area contributed by atoms with Gasteiger partial charge in [0.15, 0.2) is 16.6 Å². The van der Waals surface area contributed by atoms with E-state index >= 15 is 0 Å². The molecule has 0 aromatic heterocycles. The highest BCUT2D eigenvalue weighted by molar-refractivity contribution is 6.91. The summed E-state index contributed by atoms with van der Waals surface area (Å²) in [6.07, 6.45) is 0. The van der Waals surface area contributed by atoms with Gasteiger partial charge in [0.25, 0.3) is 0 Å². The number of rotatable bonds is 4. The molecule has 0 fully saturated rings. The van der Waals surface area contributed by atoms with Crippen LogP contribution in [0.15, 0.2) is 0 Å². The molecule has 74 valence electrons. The van der Waals surface area contributed by atoms with E-state index in [0.29, 0.717) is 0 Å². The van der Waals surface area contributed by atoms with Crippen LogP contribution >= 0.6 is 0 Å². The largest absolute Gasteiger partial charge is 0.432 e. The zero-order chi connectivity index (χ0) is 9.99. The molecule has 0 heterocycles. The van der Waals surface area contributed by atoms with Crippen LogP contribution in [0.2, 0.25) is 30.3 Å². The van der Waals surface area contributed by atoms with E-state index < -0.39 is 16.6 Å². The molecule has 0 saturated heterocycles. The lowest BCUT2D eigenvalue weighted by Crippen LogP contribution is -2.49. The average Bonchev–Trinajstić information content (AvgIpc) is 2.03. The minimum Gasteiger partial charge on any atom is -0.432 e. The van der Waals surface area contributed by atoms with Gasteiger partial charge in [0, 0.05) is 0 Å². The van der Waals surface area contributed by atoms with E-state index in [0.717, 1.165) is 12.1 Å². The maximum Gasteiger partial charge on any atom is 0.187 e. The molecule has 0 saturated carbocycles. The molecular formula is C8H22O2Si2. The van der Waals surface area contributed by atoms with Crippen LogP contribution in [0.3, 0.4) is 0 Å². The van der Waals surface area contributed by atoms with E-state index in [2.05, 4.69) is 0 Å². The summed E-state index contributed by atoms with van der Waals surface area (Å²) in [6, 6.07) is 1.69. The first-order chi connectivity index (χ1) is 5.28. The van der Waals surface area contributed by atoms with E-state index in [1.807, 2.05) is 33.9 Å². The van der Waals surface area contributed by atoms with Crippen molar-refractivity contribution in [2.45, 2.75) is 51.1 Å². The number of hydrogen-bond acceptors (Lipinski definition) is 2. The van der Waals surface area contributed by atoms with E-state index in [-0.39, 0.29) is 5.16 Å². The molecule has 12 heavy (non-hydrogen) atoms. The van der Waals surface area contributed by atoms with Gasteiger partial charge in [-0.05, 0) is 30.3 Å². The lowest BCUT2D eigenvalue weighted by molar-refractivity contribution is 0.496. The highest BCUT2D eigenvalue weighted by Crippen LogP contribution is 2.32. The van der Waals surface area contributed by atoms with E-state index in [1.165, 1.54) is 0 Å². The van der Waals surface area contributed by atoms with Crippen molar-refractivity contribution in [3.63, 3.8) is 0 Å². The first-order valence-corrected chi connectivity index (χ1v) is 10.2. The van der Waals surface area contributed by atoms with Gasteiger partial charge in [-0.25, -0.2) is 0 Å². The molecule has 0 spiro atoms. The lowest BCUT2D eigenvalue weighted by atomic mass is 10.9.